The SMILES string of the molecule is CNc1nnc(C(=O)NCc2ccc(Br)cc2)s1. The fourth-order valence-corrected chi connectivity index (χ4v) is 2.15. The van der Waals surface area contributed by atoms with E-state index in [-0.39, 0.29) is 5.91 Å². The van der Waals surface area contributed by atoms with Crippen LogP contribution < -0.4 is 10.6 Å². The molecular weight excluding hydrogens is 316 g/mol. The molecule has 7 heteroatoms. The first kappa shape index (κ1) is 13.0. The summed E-state index contributed by atoms with van der Waals surface area (Å²) in [6, 6.07) is 7.77. The van der Waals surface area contributed by atoms with Gasteiger partial charge >= 0.3 is 0 Å². The molecule has 0 spiro atoms. The lowest BCUT2D eigenvalue weighted by Crippen LogP contribution is -2.22. The van der Waals surface area contributed by atoms with Gasteiger partial charge in [0.1, 0.15) is 0 Å². The van der Waals surface area contributed by atoms with Crippen LogP contribution in [0, 0.1) is 0 Å². The number of benzene rings is 1. The van der Waals surface area contributed by atoms with Crippen LogP contribution >= 0.6 is 27.3 Å². The molecule has 2 aromatic rings. The van der Waals surface area contributed by atoms with Crippen LogP contribution in [0.3, 0.4) is 0 Å². The smallest absolute Gasteiger partial charge is 0.282 e. The number of carbonyl (C=O) groups is 1. The molecule has 2 rings (SSSR count). The number of rotatable bonds is 4. The molecule has 0 fully saturated rings. The Balaban J connectivity index is 1.93. The number of aromatic nitrogens is 2. The summed E-state index contributed by atoms with van der Waals surface area (Å²) in [6.45, 7) is 0.473. The second-order valence-corrected chi connectivity index (χ2v) is 5.36. The monoisotopic (exact) mass is 326 g/mol. The second kappa shape index (κ2) is 5.92. The Morgan fingerprint density at radius 2 is 2.06 bits per heavy atom. The van der Waals surface area contributed by atoms with E-state index in [1.54, 1.807) is 7.05 Å². The quantitative estimate of drug-likeness (QED) is 0.904. The Bertz CT molecular complexity index is 540. The van der Waals surface area contributed by atoms with Gasteiger partial charge in [-0.25, -0.2) is 0 Å². The zero-order valence-corrected chi connectivity index (χ0v) is 12.0. The lowest BCUT2D eigenvalue weighted by molar-refractivity contribution is 0.0950. The minimum absolute atomic E-state index is 0.211. The van der Waals surface area contributed by atoms with Gasteiger partial charge in [-0.05, 0) is 17.7 Å². The van der Waals surface area contributed by atoms with E-state index >= 15 is 0 Å². The van der Waals surface area contributed by atoms with Crippen molar-refractivity contribution in [3.05, 3.63) is 39.3 Å². The van der Waals surface area contributed by atoms with Crippen molar-refractivity contribution in [1.29, 1.82) is 0 Å². The van der Waals surface area contributed by atoms with Crippen molar-refractivity contribution in [2.75, 3.05) is 12.4 Å². The summed E-state index contributed by atoms with van der Waals surface area (Å²) < 4.78 is 1.01. The summed E-state index contributed by atoms with van der Waals surface area (Å²) in [5.41, 5.74) is 1.03. The van der Waals surface area contributed by atoms with E-state index in [2.05, 4.69) is 36.8 Å². The summed E-state index contributed by atoms with van der Waals surface area (Å²) in [5, 5.41) is 14.2. The number of nitrogens with zero attached hydrogens (tertiary/aromatic N) is 2. The minimum Gasteiger partial charge on any atom is -0.363 e. The highest BCUT2D eigenvalue weighted by molar-refractivity contribution is 9.10. The zero-order valence-electron chi connectivity index (χ0n) is 9.61. The van der Waals surface area contributed by atoms with Gasteiger partial charge < -0.3 is 10.6 Å². The van der Waals surface area contributed by atoms with E-state index in [1.807, 2.05) is 24.3 Å². The third-order valence-electron chi connectivity index (χ3n) is 2.20. The highest BCUT2D eigenvalue weighted by atomic mass is 79.9. The van der Waals surface area contributed by atoms with Crippen molar-refractivity contribution in [3.8, 4) is 0 Å². The predicted octanol–water partition coefficient (Wildman–Crippen LogP) is 2.27. The maximum absolute atomic E-state index is 11.8. The lowest BCUT2D eigenvalue weighted by atomic mass is 10.2. The molecular formula is C11H11BrN4OS. The van der Waals surface area contributed by atoms with Gasteiger partial charge in [0.25, 0.3) is 5.91 Å². The molecule has 0 aliphatic heterocycles. The van der Waals surface area contributed by atoms with Crippen molar-refractivity contribution >= 4 is 38.3 Å². The number of halogens is 1. The second-order valence-electron chi connectivity index (χ2n) is 3.47. The van der Waals surface area contributed by atoms with Crippen molar-refractivity contribution < 1.29 is 4.79 Å². The third kappa shape index (κ3) is 3.27. The van der Waals surface area contributed by atoms with E-state index in [9.17, 15) is 4.79 Å². The van der Waals surface area contributed by atoms with Crippen LogP contribution in [0.2, 0.25) is 0 Å². The molecule has 0 saturated carbocycles. The molecule has 0 atom stereocenters. The van der Waals surface area contributed by atoms with Crippen molar-refractivity contribution in [3.63, 3.8) is 0 Å². The molecule has 0 unspecified atom stereocenters. The van der Waals surface area contributed by atoms with Gasteiger partial charge in [-0.15, -0.1) is 10.2 Å². The van der Waals surface area contributed by atoms with E-state index < -0.39 is 0 Å². The molecule has 1 amide bonds. The van der Waals surface area contributed by atoms with Gasteiger partial charge in [-0.1, -0.05) is 39.4 Å². The molecule has 2 N–H and O–H groups in total. The van der Waals surface area contributed by atoms with E-state index in [4.69, 9.17) is 0 Å². The molecule has 1 aromatic heterocycles. The van der Waals surface area contributed by atoms with Crippen LogP contribution in [0.4, 0.5) is 5.13 Å². The van der Waals surface area contributed by atoms with Gasteiger partial charge in [-0.2, -0.15) is 0 Å². The minimum atomic E-state index is -0.211. The number of amides is 1. The largest absolute Gasteiger partial charge is 0.363 e. The zero-order chi connectivity index (χ0) is 13.0. The molecule has 0 saturated heterocycles. The molecule has 5 nitrogen and oxygen atoms in total. The average molecular weight is 327 g/mol. The highest BCUT2D eigenvalue weighted by Gasteiger charge is 2.11. The summed E-state index contributed by atoms with van der Waals surface area (Å²) >= 11 is 4.59. The van der Waals surface area contributed by atoms with Gasteiger partial charge in [-0.3, -0.25) is 4.79 Å². The van der Waals surface area contributed by atoms with Gasteiger partial charge in [0.05, 0.1) is 0 Å². The van der Waals surface area contributed by atoms with Crippen molar-refractivity contribution in [2.24, 2.45) is 0 Å². The average Bonchev–Trinajstić information content (AvgIpc) is 2.86. The maximum atomic E-state index is 11.8. The first-order valence-corrected chi connectivity index (χ1v) is 6.84. The molecule has 1 aromatic carbocycles. The Morgan fingerprint density at radius 1 is 1.33 bits per heavy atom. The topological polar surface area (TPSA) is 66.9 Å². The lowest BCUT2D eigenvalue weighted by Gasteiger charge is -2.02. The first-order valence-electron chi connectivity index (χ1n) is 5.23. The van der Waals surface area contributed by atoms with E-state index in [0.29, 0.717) is 16.7 Å². The normalized spacial score (nSPS) is 10.1. The van der Waals surface area contributed by atoms with Crippen LogP contribution in [-0.4, -0.2) is 23.2 Å². The molecule has 0 aliphatic rings. The van der Waals surface area contributed by atoms with Gasteiger partial charge in [0, 0.05) is 18.1 Å². The Labute approximate surface area is 117 Å². The van der Waals surface area contributed by atoms with Crippen LogP contribution in [0.25, 0.3) is 0 Å². The maximum Gasteiger partial charge on any atom is 0.282 e. The molecule has 0 radical (unpaired) electrons. The Kier molecular flexibility index (Phi) is 4.27. The van der Waals surface area contributed by atoms with Gasteiger partial charge in [0.2, 0.25) is 10.1 Å². The van der Waals surface area contributed by atoms with Crippen LogP contribution in [0.15, 0.2) is 28.7 Å². The highest BCUT2D eigenvalue weighted by Crippen LogP contribution is 2.14. The number of carbonyl (C=O) groups excluding carboxylic acids is 1. The first-order chi connectivity index (χ1) is 8.69. The van der Waals surface area contributed by atoms with Crippen LogP contribution in [0.1, 0.15) is 15.4 Å². The third-order valence-corrected chi connectivity index (χ3v) is 3.67. The Morgan fingerprint density at radius 3 is 2.67 bits per heavy atom. The van der Waals surface area contributed by atoms with Crippen molar-refractivity contribution in [2.45, 2.75) is 6.54 Å². The summed E-state index contributed by atoms with van der Waals surface area (Å²) in [5.74, 6) is -0.211. The standard InChI is InChI=1S/C11H11BrN4OS/c1-13-11-16-15-10(18-11)9(17)14-6-7-2-4-8(12)5-3-7/h2-5H,6H2,1H3,(H,13,16)(H,14,17). The number of hydrogen-bond donors (Lipinski definition) is 2. The summed E-state index contributed by atoms with van der Waals surface area (Å²) in [6.07, 6.45) is 0. The van der Waals surface area contributed by atoms with Crippen LogP contribution in [0.5, 0.6) is 0 Å². The fraction of sp³-hybridized carbons (Fsp3) is 0.182. The molecule has 18 heavy (non-hydrogen) atoms. The van der Waals surface area contributed by atoms with E-state index in [0.717, 1.165) is 10.0 Å². The molecule has 0 bridgehead atoms. The summed E-state index contributed by atoms with van der Waals surface area (Å²) in [7, 11) is 1.74. The number of hydrogen-bond acceptors (Lipinski definition) is 5. The molecule has 0 aliphatic carbocycles. The van der Waals surface area contributed by atoms with Gasteiger partial charge in [0.15, 0.2) is 0 Å². The summed E-state index contributed by atoms with van der Waals surface area (Å²) in [4.78, 5) is 11.8. The predicted molar refractivity (Wildman–Crippen MR) is 74.8 cm³/mol. The Hall–Kier alpha value is -1.47. The number of nitrogens with one attached hydrogen (secondary N) is 2. The fourth-order valence-electron chi connectivity index (χ4n) is 1.28. The molecule has 1 heterocycles. The molecule has 94 valence electrons. The van der Waals surface area contributed by atoms with Crippen molar-refractivity contribution in [1.82, 2.24) is 15.5 Å². The number of anilines is 1. The van der Waals surface area contributed by atoms with E-state index in [1.165, 1.54) is 11.3 Å². The van der Waals surface area contributed by atoms with Crippen LogP contribution in [-0.2, 0) is 6.54 Å².